The van der Waals surface area contributed by atoms with Crippen LogP contribution in [0.1, 0.15) is 5.56 Å². The molecule has 0 aromatic heterocycles. The Morgan fingerprint density at radius 2 is 2.42 bits per heavy atom. The topological polar surface area (TPSA) is 47.9 Å². The molecule has 1 aliphatic rings. The lowest BCUT2D eigenvalue weighted by molar-refractivity contribution is 1.11. The average molecular weight is 159 g/mol. The molecule has 0 saturated carbocycles. The molecule has 0 atom stereocenters. The predicted molar refractivity (Wildman–Crippen MR) is 47.9 cm³/mol. The van der Waals surface area contributed by atoms with Gasteiger partial charge in [0.2, 0.25) is 0 Å². The molecule has 1 aliphatic heterocycles. The van der Waals surface area contributed by atoms with E-state index in [4.69, 9.17) is 5.26 Å². The van der Waals surface area contributed by atoms with Crippen LogP contribution >= 0.6 is 0 Å². The van der Waals surface area contributed by atoms with Gasteiger partial charge in [-0.1, -0.05) is 12.1 Å². The fourth-order valence-electron chi connectivity index (χ4n) is 1.50. The minimum atomic E-state index is 0.882. The number of nitrogens with one attached hydrogen (secondary N) is 2. The zero-order valence-electron chi connectivity index (χ0n) is 6.59. The van der Waals surface area contributed by atoms with Crippen LogP contribution in [0.15, 0.2) is 18.2 Å². The van der Waals surface area contributed by atoms with Crippen LogP contribution in [-0.2, 0) is 6.42 Å². The molecule has 1 aromatic rings. The smallest absolute Gasteiger partial charge is 0.181 e. The monoisotopic (exact) mass is 159 g/mol. The SMILES string of the molecule is N#CNc1cccc2c1NCC2. The van der Waals surface area contributed by atoms with E-state index >= 15 is 0 Å². The van der Waals surface area contributed by atoms with E-state index in [-0.39, 0.29) is 0 Å². The summed E-state index contributed by atoms with van der Waals surface area (Å²) in [6.07, 6.45) is 2.98. The van der Waals surface area contributed by atoms with Gasteiger partial charge in [0.15, 0.2) is 6.19 Å². The van der Waals surface area contributed by atoms with E-state index in [9.17, 15) is 0 Å². The zero-order chi connectivity index (χ0) is 8.39. The van der Waals surface area contributed by atoms with E-state index in [1.807, 2.05) is 18.3 Å². The summed E-state index contributed by atoms with van der Waals surface area (Å²) in [5.41, 5.74) is 3.25. The fraction of sp³-hybridized carbons (Fsp3) is 0.222. The lowest BCUT2D eigenvalue weighted by Gasteiger charge is -2.04. The summed E-state index contributed by atoms with van der Waals surface area (Å²) < 4.78 is 0. The quantitative estimate of drug-likeness (QED) is 0.482. The van der Waals surface area contributed by atoms with Crippen molar-refractivity contribution in [1.82, 2.24) is 0 Å². The summed E-state index contributed by atoms with van der Waals surface area (Å²) in [4.78, 5) is 0. The third-order valence-electron chi connectivity index (χ3n) is 2.04. The molecule has 1 aromatic carbocycles. The van der Waals surface area contributed by atoms with E-state index in [0.717, 1.165) is 24.3 Å². The van der Waals surface area contributed by atoms with Gasteiger partial charge in [-0.15, -0.1) is 0 Å². The van der Waals surface area contributed by atoms with Crippen molar-refractivity contribution in [3.63, 3.8) is 0 Å². The first-order chi connectivity index (χ1) is 5.92. The van der Waals surface area contributed by atoms with Crippen molar-refractivity contribution in [3.8, 4) is 6.19 Å². The third kappa shape index (κ3) is 0.978. The Morgan fingerprint density at radius 1 is 1.50 bits per heavy atom. The summed E-state index contributed by atoms with van der Waals surface area (Å²) in [6.45, 7) is 0.972. The third-order valence-corrected chi connectivity index (χ3v) is 2.04. The highest BCUT2D eigenvalue weighted by Crippen LogP contribution is 2.29. The number of nitriles is 1. The second-order valence-electron chi connectivity index (χ2n) is 2.75. The van der Waals surface area contributed by atoms with Crippen LogP contribution in [0.5, 0.6) is 0 Å². The minimum Gasteiger partial charge on any atom is -0.383 e. The molecule has 2 rings (SSSR count). The Labute approximate surface area is 71.0 Å². The Morgan fingerprint density at radius 3 is 3.25 bits per heavy atom. The van der Waals surface area contributed by atoms with Gasteiger partial charge < -0.3 is 5.32 Å². The number of rotatable bonds is 1. The molecule has 0 fully saturated rings. The first kappa shape index (κ1) is 6.99. The highest BCUT2D eigenvalue weighted by Gasteiger charge is 2.12. The molecule has 2 N–H and O–H groups in total. The molecule has 3 heteroatoms. The van der Waals surface area contributed by atoms with E-state index in [1.165, 1.54) is 5.56 Å². The largest absolute Gasteiger partial charge is 0.383 e. The fourth-order valence-corrected chi connectivity index (χ4v) is 1.50. The van der Waals surface area contributed by atoms with Gasteiger partial charge >= 0.3 is 0 Å². The lowest BCUT2D eigenvalue weighted by atomic mass is 10.1. The highest BCUT2D eigenvalue weighted by atomic mass is 15.0. The highest BCUT2D eigenvalue weighted by molar-refractivity contribution is 5.75. The predicted octanol–water partition coefficient (Wildman–Crippen LogP) is 1.55. The van der Waals surface area contributed by atoms with Crippen molar-refractivity contribution >= 4 is 11.4 Å². The van der Waals surface area contributed by atoms with E-state index in [2.05, 4.69) is 16.7 Å². The zero-order valence-corrected chi connectivity index (χ0v) is 6.59. The second kappa shape index (κ2) is 2.74. The van der Waals surface area contributed by atoms with Crippen LogP contribution in [0, 0.1) is 11.5 Å². The van der Waals surface area contributed by atoms with Gasteiger partial charge in [-0.25, -0.2) is 0 Å². The summed E-state index contributed by atoms with van der Waals surface area (Å²) in [7, 11) is 0. The molecular weight excluding hydrogens is 150 g/mol. The number of hydrogen-bond donors (Lipinski definition) is 2. The van der Waals surface area contributed by atoms with Gasteiger partial charge in [0.25, 0.3) is 0 Å². The normalized spacial score (nSPS) is 12.9. The van der Waals surface area contributed by atoms with E-state index in [1.54, 1.807) is 0 Å². The van der Waals surface area contributed by atoms with Crippen LogP contribution < -0.4 is 10.6 Å². The minimum absolute atomic E-state index is 0.882. The summed E-state index contributed by atoms with van der Waals surface area (Å²) in [5, 5.41) is 14.4. The molecule has 0 radical (unpaired) electrons. The number of anilines is 2. The van der Waals surface area contributed by atoms with Crippen LogP contribution in [0.4, 0.5) is 11.4 Å². The van der Waals surface area contributed by atoms with Crippen molar-refractivity contribution in [2.45, 2.75) is 6.42 Å². The number of para-hydroxylation sites is 1. The van der Waals surface area contributed by atoms with Crippen LogP contribution in [0.2, 0.25) is 0 Å². The Hall–Kier alpha value is -1.69. The first-order valence-corrected chi connectivity index (χ1v) is 3.92. The maximum atomic E-state index is 8.46. The Balaban J connectivity index is 2.44. The Bertz CT molecular complexity index is 338. The Kier molecular flexibility index (Phi) is 1.60. The summed E-state index contributed by atoms with van der Waals surface area (Å²) in [5.74, 6) is 0. The summed E-state index contributed by atoms with van der Waals surface area (Å²) in [6, 6.07) is 5.95. The van der Waals surface area contributed by atoms with Gasteiger partial charge in [0.1, 0.15) is 0 Å². The van der Waals surface area contributed by atoms with Gasteiger partial charge in [-0.05, 0) is 18.1 Å². The molecule has 0 unspecified atom stereocenters. The molecule has 3 nitrogen and oxygen atoms in total. The average Bonchev–Trinajstić information content (AvgIpc) is 2.53. The van der Waals surface area contributed by atoms with Crippen LogP contribution in [0.3, 0.4) is 0 Å². The van der Waals surface area contributed by atoms with Gasteiger partial charge in [-0.3, -0.25) is 5.32 Å². The van der Waals surface area contributed by atoms with Gasteiger partial charge in [0.05, 0.1) is 11.4 Å². The molecule has 0 saturated heterocycles. The van der Waals surface area contributed by atoms with Crippen molar-refractivity contribution in [1.29, 1.82) is 5.26 Å². The second-order valence-corrected chi connectivity index (χ2v) is 2.75. The van der Waals surface area contributed by atoms with Crippen molar-refractivity contribution in [3.05, 3.63) is 23.8 Å². The molecule has 0 amide bonds. The van der Waals surface area contributed by atoms with Gasteiger partial charge in [0, 0.05) is 6.54 Å². The number of benzene rings is 1. The van der Waals surface area contributed by atoms with E-state index < -0.39 is 0 Å². The number of hydrogen-bond acceptors (Lipinski definition) is 3. The van der Waals surface area contributed by atoms with Crippen molar-refractivity contribution in [2.75, 3.05) is 17.2 Å². The maximum absolute atomic E-state index is 8.46. The maximum Gasteiger partial charge on any atom is 0.181 e. The van der Waals surface area contributed by atoms with Crippen LogP contribution in [0.25, 0.3) is 0 Å². The number of fused-ring (bicyclic) bond motifs is 1. The van der Waals surface area contributed by atoms with E-state index in [0.29, 0.717) is 0 Å². The number of nitrogens with zero attached hydrogens (tertiary/aromatic N) is 1. The van der Waals surface area contributed by atoms with Crippen LogP contribution in [-0.4, -0.2) is 6.54 Å². The molecule has 60 valence electrons. The van der Waals surface area contributed by atoms with Gasteiger partial charge in [-0.2, -0.15) is 5.26 Å². The van der Waals surface area contributed by atoms with Crippen molar-refractivity contribution in [2.24, 2.45) is 0 Å². The molecule has 1 heterocycles. The molecule has 0 bridgehead atoms. The lowest BCUT2D eigenvalue weighted by Crippen LogP contribution is -1.95. The molecular formula is C9H9N3. The molecule has 0 aliphatic carbocycles. The summed E-state index contributed by atoms with van der Waals surface area (Å²) >= 11 is 0. The molecule has 12 heavy (non-hydrogen) atoms. The van der Waals surface area contributed by atoms with Crippen molar-refractivity contribution < 1.29 is 0 Å². The molecule has 0 spiro atoms. The first-order valence-electron chi connectivity index (χ1n) is 3.92. The standard InChI is InChI=1S/C9H9N3/c10-6-12-8-3-1-2-7-4-5-11-9(7)8/h1-3,11-12H,4-5H2.